The van der Waals surface area contributed by atoms with Crippen molar-refractivity contribution in [2.24, 2.45) is 29.6 Å². The lowest BCUT2D eigenvalue weighted by Crippen LogP contribution is -2.42. The fourth-order valence-corrected chi connectivity index (χ4v) is 9.89. The molecular formula is C26H28N2O7S2. The highest BCUT2D eigenvalue weighted by Gasteiger charge is 2.69. The van der Waals surface area contributed by atoms with Gasteiger partial charge in [0.15, 0.2) is 11.5 Å². The zero-order valence-electron chi connectivity index (χ0n) is 20.5. The Morgan fingerprint density at radius 2 is 1.95 bits per heavy atom. The third-order valence-electron chi connectivity index (χ3n) is 8.43. The van der Waals surface area contributed by atoms with Gasteiger partial charge in [-0.25, -0.2) is 0 Å². The number of carbonyl (C=O) groups excluding carboxylic acids is 3. The number of thioether (sulfide) groups is 1. The van der Waals surface area contributed by atoms with Crippen LogP contribution in [0.4, 0.5) is 0 Å². The van der Waals surface area contributed by atoms with Gasteiger partial charge in [-0.1, -0.05) is 30.7 Å². The van der Waals surface area contributed by atoms with Gasteiger partial charge in [-0.15, -0.1) is 11.8 Å². The maximum absolute atomic E-state index is 13.5. The number of nitrogens with one attached hydrogen (secondary N) is 1. The molecule has 0 spiro atoms. The zero-order chi connectivity index (χ0) is 26.0. The molecule has 6 rings (SSSR count). The molecule has 2 bridgehead atoms. The van der Waals surface area contributed by atoms with Crippen LogP contribution in [0.25, 0.3) is 0 Å². The van der Waals surface area contributed by atoms with Crippen molar-refractivity contribution in [2.45, 2.75) is 42.4 Å². The van der Waals surface area contributed by atoms with Crippen molar-refractivity contribution in [3.05, 3.63) is 38.3 Å². The minimum atomic E-state index is -0.553. The highest BCUT2D eigenvalue weighted by molar-refractivity contribution is 8.00. The number of aromatic hydroxyl groups is 1. The largest absolute Gasteiger partial charge is 0.504 e. The summed E-state index contributed by atoms with van der Waals surface area (Å²) in [5.74, 6) is -1.89. The van der Waals surface area contributed by atoms with Gasteiger partial charge in [0.25, 0.3) is 0 Å². The number of hydrogen-bond acceptors (Lipinski definition) is 9. The Morgan fingerprint density at radius 3 is 2.68 bits per heavy atom. The molecule has 7 unspecified atom stereocenters. The van der Waals surface area contributed by atoms with Crippen molar-refractivity contribution in [1.82, 2.24) is 9.88 Å². The summed E-state index contributed by atoms with van der Waals surface area (Å²) in [5.41, 5.74) is 0.902. The van der Waals surface area contributed by atoms with E-state index in [1.54, 1.807) is 23.9 Å². The molecular weight excluding hydrogens is 516 g/mol. The molecule has 1 saturated heterocycles. The third-order valence-corrected chi connectivity index (χ3v) is 11.0. The summed E-state index contributed by atoms with van der Waals surface area (Å²) in [4.78, 5) is 56.6. The fourth-order valence-electron chi connectivity index (χ4n) is 7.00. The first kappa shape index (κ1) is 24.5. The van der Waals surface area contributed by atoms with Gasteiger partial charge < -0.3 is 19.6 Å². The maximum atomic E-state index is 13.5. The molecule has 1 aromatic carbocycles. The van der Waals surface area contributed by atoms with Crippen molar-refractivity contribution in [3.8, 4) is 11.5 Å². The number of benzene rings is 1. The van der Waals surface area contributed by atoms with Gasteiger partial charge in [-0.05, 0) is 48.3 Å². The van der Waals surface area contributed by atoms with Crippen LogP contribution in [0.15, 0.2) is 28.0 Å². The number of methoxy groups -OCH3 is 1. The lowest BCUT2D eigenvalue weighted by Gasteiger charge is -2.43. The van der Waals surface area contributed by atoms with Crippen LogP contribution in [0.1, 0.15) is 42.5 Å². The summed E-state index contributed by atoms with van der Waals surface area (Å²) in [6, 6.07) is 5.23. The molecule has 0 radical (unpaired) electrons. The SMILES string of the molecule is CCCCOC(=O)CN1C(=O)C2C3CC(C2C1=O)C1C(c2ccc(O)c(OC)c2)c2sc(=O)[nH]c2SC31. The number of hydrogen-bond donors (Lipinski definition) is 2. The van der Waals surface area contributed by atoms with Crippen LogP contribution in [0.5, 0.6) is 11.5 Å². The number of rotatable bonds is 7. The van der Waals surface area contributed by atoms with Crippen molar-refractivity contribution in [2.75, 3.05) is 20.3 Å². The number of aromatic amines is 1. The minimum Gasteiger partial charge on any atom is -0.504 e. The van der Waals surface area contributed by atoms with Gasteiger partial charge in [-0.3, -0.25) is 24.1 Å². The molecule has 37 heavy (non-hydrogen) atoms. The van der Waals surface area contributed by atoms with Crippen LogP contribution >= 0.6 is 23.1 Å². The van der Waals surface area contributed by atoms with Gasteiger partial charge >= 0.3 is 10.8 Å². The second-order valence-corrected chi connectivity index (χ2v) is 12.4. The van der Waals surface area contributed by atoms with E-state index in [0.717, 1.165) is 39.6 Å². The first-order valence-electron chi connectivity index (χ1n) is 12.6. The van der Waals surface area contributed by atoms with Crippen LogP contribution in [-0.4, -0.2) is 58.3 Å². The average Bonchev–Trinajstić information content (AvgIpc) is 3.60. The van der Waals surface area contributed by atoms with Crippen LogP contribution in [0, 0.1) is 29.6 Å². The van der Waals surface area contributed by atoms with Gasteiger partial charge in [0, 0.05) is 16.0 Å². The quantitative estimate of drug-likeness (QED) is 0.310. The number of phenolic OH excluding ortho intramolecular Hbond substituents is 1. The maximum Gasteiger partial charge on any atom is 0.326 e. The number of ether oxygens (including phenoxy) is 2. The summed E-state index contributed by atoms with van der Waals surface area (Å²) in [7, 11) is 1.49. The van der Waals surface area contributed by atoms with E-state index < -0.39 is 17.8 Å². The summed E-state index contributed by atoms with van der Waals surface area (Å²) in [5, 5.41) is 11.0. The van der Waals surface area contributed by atoms with E-state index >= 15 is 0 Å². The Balaban J connectivity index is 1.34. The second kappa shape index (κ2) is 9.20. The predicted molar refractivity (Wildman–Crippen MR) is 136 cm³/mol. The highest BCUT2D eigenvalue weighted by Crippen LogP contribution is 2.68. The lowest BCUT2D eigenvalue weighted by atomic mass is 9.68. The number of phenols is 1. The Kier molecular flexibility index (Phi) is 6.10. The average molecular weight is 545 g/mol. The molecule has 3 heterocycles. The summed E-state index contributed by atoms with van der Waals surface area (Å²) in [6.07, 6.45) is 2.38. The van der Waals surface area contributed by atoms with Gasteiger partial charge in [0.1, 0.15) is 6.54 Å². The molecule has 3 fully saturated rings. The van der Waals surface area contributed by atoms with Gasteiger partial charge in [0.2, 0.25) is 11.8 Å². The highest BCUT2D eigenvalue weighted by atomic mass is 32.2. The topological polar surface area (TPSA) is 126 Å². The predicted octanol–water partition coefficient (Wildman–Crippen LogP) is 2.97. The third kappa shape index (κ3) is 3.72. The number of imide groups is 1. The summed E-state index contributed by atoms with van der Waals surface area (Å²) in [6.45, 7) is 1.93. The minimum absolute atomic E-state index is 0.0256. The van der Waals surface area contributed by atoms with E-state index in [1.165, 1.54) is 18.4 Å². The number of likely N-dealkylation sites (tertiary alicyclic amines) is 1. The van der Waals surface area contributed by atoms with E-state index in [-0.39, 0.29) is 64.5 Å². The van der Waals surface area contributed by atoms with E-state index in [9.17, 15) is 24.3 Å². The smallest absolute Gasteiger partial charge is 0.326 e. The van der Waals surface area contributed by atoms with Crippen molar-refractivity contribution in [3.63, 3.8) is 0 Å². The number of amides is 2. The molecule has 2 saturated carbocycles. The van der Waals surface area contributed by atoms with Crippen molar-refractivity contribution >= 4 is 40.9 Å². The van der Waals surface area contributed by atoms with Crippen LogP contribution in [0.3, 0.4) is 0 Å². The first-order chi connectivity index (χ1) is 17.8. The molecule has 11 heteroatoms. The molecule has 4 aliphatic rings. The summed E-state index contributed by atoms with van der Waals surface area (Å²) < 4.78 is 10.6. The van der Waals surface area contributed by atoms with Crippen LogP contribution < -0.4 is 9.61 Å². The molecule has 2 amide bonds. The Morgan fingerprint density at radius 1 is 1.19 bits per heavy atom. The van der Waals surface area contributed by atoms with E-state index in [2.05, 4.69) is 4.98 Å². The van der Waals surface area contributed by atoms with Crippen molar-refractivity contribution in [1.29, 1.82) is 0 Å². The summed E-state index contributed by atoms with van der Waals surface area (Å²) >= 11 is 2.78. The number of aromatic nitrogens is 1. The number of fused-ring (bicyclic) bond motifs is 9. The molecule has 2 aromatic rings. The number of H-pyrrole nitrogens is 1. The standard InChI is InChI=1S/C26H28N2O7S2/c1-3-4-7-35-16(30)10-28-24(31)19-12-9-13(20(19)25(28)32)21-18(12)17(22-23(36-21)27-26(33)37-22)11-5-6-14(29)15(8-11)34-2/h5-6,8,12-13,17-21,29H,3-4,7,9-10H2,1-2H3,(H,27,33). The second-order valence-electron chi connectivity index (χ2n) is 10.2. The molecule has 9 nitrogen and oxygen atoms in total. The Hall–Kier alpha value is -2.79. The van der Waals surface area contributed by atoms with Gasteiger partial charge in [0.05, 0.1) is 30.6 Å². The van der Waals surface area contributed by atoms with Crippen molar-refractivity contribution < 1.29 is 29.0 Å². The zero-order valence-corrected chi connectivity index (χ0v) is 22.1. The van der Waals surface area contributed by atoms with E-state index in [1.807, 2.05) is 13.0 Å². The molecule has 2 aliphatic carbocycles. The Bertz CT molecular complexity index is 1340. The Labute approximate surface area is 221 Å². The molecule has 2 N–H and O–H groups in total. The number of unbranched alkanes of at least 4 members (excludes halogenated alkanes) is 1. The van der Waals surface area contributed by atoms with Crippen LogP contribution in [-0.2, 0) is 19.1 Å². The van der Waals surface area contributed by atoms with E-state index in [0.29, 0.717) is 5.75 Å². The molecule has 2 aliphatic heterocycles. The lowest BCUT2D eigenvalue weighted by molar-refractivity contribution is -0.153. The first-order valence-corrected chi connectivity index (χ1v) is 14.3. The normalized spacial score (nSPS) is 31.3. The number of esters is 1. The molecule has 1 aromatic heterocycles. The fraction of sp³-hybridized carbons (Fsp3) is 0.538. The number of carbonyl (C=O) groups is 3. The number of thiazole rings is 1. The van der Waals surface area contributed by atoms with Gasteiger partial charge in [-0.2, -0.15) is 0 Å². The molecule has 196 valence electrons. The van der Waals surface area contributed by atoms with E-state index in [4.69, 9.17) is 9.47 Å². The molecule has 7 atom stereocenters. The number of nitrogens with zero attached hydrogens (tertiary/aromatic N) is 1. The monoisotopic (exact) mass is 544 g/mol. The van der Waals surface area contributed by atoms with Crippen LogP contribution in [0.2, 0.25) is 0 Å².